The molecule has 0 aromatic heterocycles. The van der Waals surface area contributed by atoms with Gasteiger partial charge in [-0.2, -0.15) is 0 Å². The van der Waals surface area contributed by atoms with Gasteiger partial charge in [-0.05, 0) is 61.2 Å². The Labute approximate surface area is 163 Å². The summed E-state index contributed by atoms with van der Waals surface area (Å²) in [5.41, 5.74) is -4.22. The Hall–Kier alpha value is -1.69. The molecule has 3 fully saturated rings. The second-order valence-corrected chi connectivity index (χ2v) is 9.66. The molecule has 6 heteroatoms. The van der Waals surface area contributed by atoms with Gasteiger partial charge < -0.3 is 5.11 Å². The average molecular weight is 392 g/mol. The van der Waals surface area contributed by atoms with Crippen LogP contribution in [0.4, 0.5) is 8.78 Å². The van der Waals surface area contributed by atoms with E-state index in [1.165, 1.54) is 18.2 Å². The van der Waals surface area contributed by atoms with Crippen molar-refractivity contribution in [2.75, 3.05) is 0 Å². The van der Waals surface area contributed by atoms with Crippen LogP contribution >= 0.6 is 0 Å². The number of carbonyl (C=O) groups is 3. The van der Waals surface area contributed by atoms with Crippen molar-refractivity contribution in [3.8, 4) is 0 Å². The van der Waals surface area contributed by atoms with Crippen LogP contribution in [0, 0.1) is 34.5 Å². The number of aliphatic hydroxyl groups excluding tert-OH is 1. The number of allylic oxidation sites excluding steroid dienone is 4. The maximum absolute atomic E-state index is 16.8. The molecule has 4 nitrogen and oxygen atoms in total. The summed E-state index contributed by atoms with van der Waals surface area (Å²) in [4.78, 5) is 35.3. The van der Waals surface area contributed by atoms with Crippen LogP contribution in [0.3, 0.4) is 0 Å². The van der Waals surface area contributed by atoms with E-state index >= 15 is 8.78 Å². The van der Waals surface area contributed by atoms with E-state index in [0.717, 1.165) is 0 Å². The third kappa shape index (κ3) is 2.15. The zero-order valence-corrected chi connectivity index (χ0v) is 16.3. The van der Waals surface area contributed by atoms with Gasteiger partial charge in [0.2, 0.25) is 0 Å². The maximum atomic E-state index is 16.8. The molecule has 3 unspecified atom stereocenters. The lowest BCUT2D eigenvalue weighted by molar-refractivity contribution is -0.201. The number of fused-ring (bicyclic) bond motifs is 5. The van der Waals surface area contributed by atoms with Gasteiger partial charge in [0.25, 0.3) is 0 Å². The molecule has 0 amide bonds. The highest BCUT2D eigenvalue weighted by molar-refractivity contribution is 6.26. The smallest absolute Gasteiger partial charge is 0.199 e. The van der Waals surface area contributed by atoms with Crippen LogP contribution in [0.5, 0.6) is 0 Å². The summed E-state index contributed by atoms with van der Waals surface area (Å²) in [6.07, 6.45) is 1.62. The summed E-state index contributed by atoms with van der Waals surface area (Å²) in [5.74, 6) is -2.78. The van der Waals surface area contributed by atoms with Gasteiger partial charge in [0.15, 0.2) is 23.5 Å². The van der Waals surface area contributed by atoms with Gasteiger partial charge >= 0.3 is 0 Å². The van der Waals surface area contributed by atoms with Crippen LogP contribution in [0.1, 0.15) is 40.0 Å². The van der Waals surface area contributed by atoms with E-state index in [1.54, 1.807) is 6.92 Å². The Morgan fingerprint density at radius 2 is 1.96 bits per heavy atom. The lowest BCUT2D eigenvalue weighted by Gasteiger charge is -2.62. The van der Waals surface area contributed by atoms with Crippen LogP contribution in [0.15, 0.2) is 23.8 Å². The van der Waals surface area contributed by atoms with E-state index in [2.05, 4.69) is 0 Å². The zero-order valence-electron chi connectivity index (χ0n) is 16.3. The van der Waals surface area contributed by atoms with Gasteiger partial charge in [-0.3, -0.25) is 14.4 Å². The number of ketones is 2. The number of alkyl halides is 2. The second kappa shape index (κ2) is 5.91. The molecule has 0 heterocycles. The molecule has 0 saturated heterocycles. The van der Waals surface area contributed by atoms with Crippen LogP contribution in [0.25, 0.3) is 0 Å². The number of carbonyl (C=O) groups excluding carboxylic acids is 3. The number of hydrogen-bond donors (Lipinski definition) is 1. The number of aliphatic hydroxyl groups is 1. The van der Waals surface area contributed by atoms with Crippen molar-refractivity contribution < 1.29 is 28.3 Å². The first-order valence-electron chi connectivity index (χ1n) is 9.96. The second-order valence-electron chi connectivity index (χ2n) is 9.66. The molecular weight excluding hydrogens is 366 g/mol. The molecule has 9 atom stereocenters. The minimum Gasteiger partial charge on any atom is -0.390 e. The molecule has 4 aliphatic rings. The van der Waals surface area contributed by atoms with Crippen LogP contribution in [-0.2, 0) is 14.4 Å². The summed E-state index contributed by atoms with van der Waals surface area (Å²) in [6.45, 7) is 5.25. The van der Waals surface area contributed by atoms with E-state index in [0.29, 0.717) is 12.7 Å². The lowest BCUT2D eigenvalue weighted by atomic mass is 9.45. The quantitative estimate of drug-likeness (QED) is 0.579. The maximum Gasteiger partial charge on any atom is 0.199 e. The third-order valence-corrected chi connectivity index (χ3v) is 8.39. The molecule has 152 valence electrons. The predicted octanol–water partition coefficient (Wildman–Crippen LogP) is 2.94. The first-order chi connectivity index (χ1) is 13.0. The first kappa shape index (κ1) is 19.6. The molecule has 28 heavy (non-hydrogen) atoms. The number of rotatable bonds is 2. The molecule has 0 bridgehead atoms. The van der Waals surface area contributed by atoms with Crippen LogP contribution < -0.4 is 0 Å². The molecule has 0 spiro atoms. The minimum absolute atomic E-state index is 0.0286. The molecule has 4 rings (SSSR count). The van der Waals surface area contributed by atoms with Gasteiger partial charge in [-0.25, -0.2) is 8.78 Å². The number of halogens is 2. The summed E-state index contributed by atoms with van der Waals surface area (Å²) in [6, 6.07) is 0. The Bertz CT molecular complexity index is 819. The predicted molar refractivity (Wildman–Crippen MR) is 97.7 cm³/mol. The largest absolute Gasteiger partial charge is 0.390 e. The molecule has 0 aromatic carbocycles. The van der Waals surface area contributed by atoms with Gasteiger partial charge in [0, 0.05) is 17.3 Å². The summed E-state index contributed by atoms with van der Waals surface area (Å²) in [5, 5.41) is 11.0. The van der Waals surface area contributed by atoms with E-state index in [4.69, 9.17) is 0 Å². The minimum atomic E-state index is -2.14. The Balaban J connectivity index is 1.85. The van der Waals surface area contributed by atoms with E-state index in [1.807, 2.05) is 13.8 Å². The van der Waals surface area contributed by atoms with Gasteiger partial charge in [-0.1, -0.05) is 19.9 Å². The zero-order chi connectivity index (χ0) is 20.6. The number of aldehydes is 1. The molecule has 0 aromatic rings. The summed E-state index contributed by atoms with van der Waals surface area (Å²) < 4.78 is 32.0. The van der Waals surface area contributed by atoms with Crippen LogP contribution in [0.2, 0.25) is 0 Å². The van der Waals surface area contributed by atoms with Gasteiger partial charge in [0.1, 0.15) is 6.17 Å². The molecule has 1 N–H and O–H groups in total. The first-order valence-corrected chi connectivity index (χ1v) is 9.96. The Kier molecular flexibility index (Phi) is 4.14. The summed E-state index contributed by atoms with van der Waals surface area (Å²) >= 11 is 0. The monoisotopic (exact) mass is 392 g/mol. The van der Waals surface area contributed by atoms with Crippen molar-refractivity contribution in [2.24, 2.45) is 34.5 Å². The highest BCUT2D eigenvalue weighted by Gasteiger charge is 2.73. The van der Waals surface area contributed by atoms with Crippen molar-refractivity contribution in [2.45, 2.75) is 58.0 Å². The number of hydrogen-bond acceptors (Lipinski definition) is 4. The molecular formula is C22H26F2O4. The van der Waals surface area contributed by atoms with Crippen LogP contribution in [-0.4, -0.2) is 40.9 Å². The fraction of sp³-hybridized carbons (Fsp3) is 0.682. The van der Waals surface area contributed by atoms with Crippen molar-refractivity contribution >= 4 is 17.9 Å². The van der Waals surface area contributed by atoms with Crippen molar-refractivity contribution in [1.82, 2.24) is 0 Å². The fourth-order valence-corrected chi connectivity index (χ4v) is 7.25. The highest BCUT2D eigenvalue weighted by atomic mass is 19.1. The summed E-state index contributed by atoms with van der Waals surface area (Å²) in [7, 11) is 0. The van der Waals surface area contributed by atoms with Gasteiger partial charge in [-0.15, -0.1) is 0 Å². The Morgan fingerprint density at radius 1 is 1.29 bits per heavy atom. The topological polar surface area (TPSA) is 71.4 Å². The van der Waals surface area contributed by atoms with Crippen molar-refractivity contribution in [3.05, 3.63) is 23.8 Å². The standard InChI is InChI=1S/C22H26F2O4/c1-11-6-13-14-8-16(23)15-7-12(26)4-5-21(15,3)22(14,24)18(28)9-20(13,2)19(11)17(27)10-25/h4-5,7,10-11,13-14,16,18-19,28H,6,8-9H2,1-3H3/t11?,13-,14-,16?,18?,19+,20-,21-,22-/m0/s1. The van der Waals surface area contributed by atoms with E-state index in [-0.39, 0.29) is 36.0 Å². The van der Waals surface area contributed by atoms with Crippen molar-refractivity contribution in [1.29, 1.82) is 0 Å². The molecule has 0 aliphatic heterocycles. The number of Topliss-reactive ketones (excluding diaryl/α,β-unsaturated/α-hetero) is 1. The fourth-order valence-electron chi connectivity index (χ4n) is 7.25. The van der Waals surface area contributed by atoms with Gasteiger partial charge in [0.05, 0.1) is 6.10 Å². The lowest BCUT2D eigenvalue weighted by Crippen LogP contribution is -2.68. The molecule has 3 saturated carbocycles. The highest BCUT2D eigenvalue weighted by Crippen LogP contribution is 2.70. The van der Waals surface area contributed by atoms with E-state index < -0.39 is 46.4 Å². The molecule has 0 radical (unpaired) electrons. The molecule has 4 aliphatic carbocycles. The van der Waals surface area contributed by atoms with E-state index in [9.17, 15) is 19.5 Å². The van der Waals surface area contributed by atoms with Crippen molar-refractivity contribution in [3.63, 3.8) is 0 Å². The SMILES string of the molecule is CC1C[C@H]2[C@@H]3CC(F)C4=CC(=O)C=C[C@]4(C)[C@@]3(F)C(O)C[C@]2(C)[C@H]1C(=O)C=O. The average Bonchev–Trinajstić information content (AvgIpc) is 2.89. The third-order valence-electron chi connectivity index (χ3n) is 8.39. The Morgan fingerprint density at radius 3 is 2.61 bits per heavy atom. The normalized spacial score (nSPS) is 52.4.